The lowest BCUT2D eigenvalue weighted by atomic mass is 10.1. The van der Waals surface area contributed by atoms with Crippen LogP contribution < -0.4 is 0 Å². The minimum atomic E-state index is 0.149. The topological polar surface area (TPSA) is 29.5 Å². The van der Waals surface area contributed by atoms with Crippen molar-refractivity contribution in [3.63, 3.8) is 0 Å². The van der Waals surface area contributed by atoms with Gasteiger partial charge in [-0.1, -0.05) is 29.8 Å². The van der Waals surface area contributed by atoms with Gasteiger partial charge >= 0.3 is 0 Å². The molecule has 1 aromatic rings. The van der Waals surface area contributed by atoms with Gasteiger partial charge in [-0.15, -0.1) is 0 Å². The number of amides is 1. The number of carbonyl (C=O) groups excluding carboxylic acids is 1. The van der Waals surface area contributed by atoms with Crippen molar-refractivity contribution in [2.75, 3.05) is 19.7 Å². The summed E-state index contributed by atoms with van der Waals surface area (Å²) in [5, 5.41) is 0.668. The Labute approximate surface area is 124 Å². The number of ether oxygens (including phenoxy) is 1. The molecule has 3 nitrogen and oxygen atoms in total. The number of likely N-dealkylation sites (tertiary alicyclic amines) is 1. The van der Waals surface area contributed by atoms with Crippen LogP contribution in [-0.4, -0.2) is 36.6 Å². The predicted molar refractivity (Wildman–Crippen MR) is 78.8 cm³/mol. The monoisotopic (exact) mass is 293 g/mol. The van der Waals surface area contributed by atoms with Gasteiger partial charge in [-0.2, -0.15) is 0 Å². The molecule has 0 unspecified atom stereocenters. The molecule has 108 valence electrons. The maximum atomic E-state index is 12.3. The van der Waals surface area contributed by atoms with E-state index < -0.39 is 0 Å². The molecule has 1 saturated carbocycles. The molecule has 1 aliphatic heterocycles. The Morgan fingerprint density at radius 1 is 1.30 bits per heavy atom. The van der Waals surface area contributed by atoms with Crippen molar-refractivity contribution < 1.29 is 9.53 Å². The average molecular weight is 294 g/mol. The zero-order valence-electron chi connectivity index (χ0n) is 11.6. The van der Waals surface area contributed by atoms with Crippen molar-refractivity contribution in [3.8, 4) is 0 Å². The summed E-state index contributed by atoms with van der Waals surface area (Å²) in [7, 11) is 0. The largest absolute Gasteiger partial charge is 0.376 e. The first-order valence-electron chi connectivity index (χ1n) is 7.35. The molecule has 3 rings (SSSR count). The van der Waals surface area contributed by atoms with Crippen molar-refractivity contribution in [2.24, 2.45) is 5.92 Å². The van der Waals surface area contributed by atoms with Crippen LogP contribution in [0.1, 0.15) is 24.8 Å². The lowest BCUT2D eigenvalue weighted by Crippen LogP contribution is -2.31. The first kappa shape index (κ1) is 13.9. The number of carbonyl (C=O) groups is 1. The van der Waals surface area contributed by atoms with Gasteiger partial charge in [0.1, 0.15) is 0 Å². The van der Waals surface area contributed by atoms with Gasteiger partial charge in [0.2, 0.25) is 5.91 Å². The Bertz CT molecular complexity index is 487. The zero-order valence-corrected chi connectivity index (χ0v) is 12.3. The molecular formula is C16H20ClNO2. The van der Waals surface area contributed by atoms with Crippen LogP contribution >= 0.6 is 11.6 Å². The summed E-state index contributed by atoms with van der Waals surface area (Å²) in [5.74, 6) is 0.929. The molecule has 0 aromatic heterocycles. The highest BCUT2D eigenvalue weighted by Gasteiger charge is 2.29. The van der Waals surface area contributed by atoms with Crippen LogP contribution in [-0.2, 0) is 16.0 Å². The van der Waals surface area contributed by atoms with Gasteiger partial charge in [-0.05, 0) is 36.8 Å². The van der Waals surface area contributed by atoms with E-state index in [0.29, 0.717) is 11.4 Å². The summed E-state index contributed by atoms with van der Waals surface area (Å²) < 4.78 is 5.86. The van der Waals surface area contributed by atoms with Crippen LogP contribution in [0.2, 0.25) is 5.02 Å². The number of benzene rings is 1. The SMILES string of the molecule is O=C(Cc1ccccc1Cl)N1CC[C@@H](OCC2CC2)C1. The highest BCUT2D eigenvalue weighted by Crippen LogP contribution is 2.30. The Kier molecular flexibility index (Phi) is 4.27. The van der Waals surface area contributed by atoms with E-state index in [9.17, 15) is 4.79 Å². The molecule has 1 aromatic carbocycles. The van der Waals surface area contributed by atoms with E-state index in [1.165, 1.54) is 12.8 Å². The van der Waals surface area contributed by atoms with Crippen molar-refractivity contribution in [1.82, 2.24) is 4.90 Å². The molecule has 1 aliphatic carbocycles. The van der Waals surface area contributed by atoms with Crippen LogP contribution in [0.15, 0.2) is 24.3 Å². The minimum absolute atomic E-state index is 0.149. The first-order chi connectivity index (χ1) is 9.72. The normalized spacial score (nSPS) is 22.2. The molecular weight excluding hydrogens is 274 g/mol. The van der Waals surface area contributed by atoms with E-state index in [2.05, 4.69) is 0 Å². The number of halogens is 1. The summed E-state index contributed by atoms with van der Waals surface area (Å²) >= 11 is 6.10. The summed E-state index contributed by atoms with van der Waals surface area (Å²) in [6.45, 7) is 2.41. The standard InChI is InChI=1S/C16H20ClNO2/c17-15-4-2-1-3-13(15)9-16(19)18-8-7-14(10-18)20-11-12-5-6-12/h1-4,12,14H,5-11H2/t14-/m1/s1. The second kappa shape index (κ2) is 6.15. The molecule has 1 heterocycles. The van der Waals surface area contributed by atoms with Crippen molar-refractivity contribution in [1.29, 1.82) is 0 Å². The highest BCUT2D eigenvalue weighted by atomic mass is 35.5. The second-order valence-corrected chi connectivity index (χ2v) is 6.20. The molecule has 2 aliphatic rings. The van der Waals surface area contributed by atoms with Gasteiger partial charge in [0.25, 0.3) is 0 Å². The third-order valence-corrected chi connectivity index (χ3v) is 4.43. The van der Waals surface area contributed by atoms with Crippen molar-refractivity contribution in [2.45, 2.75) is 31.8 Å². The fraction of sp³-hybridized carbons (Fsp3) is 0.562. The smallest absolute Gasteiger partial charge is 0.227 e. The number of rotatable bonds is 5. The van der Waals surface area contributed by atoms with Gasteiger partial charge in [0.05, 0.1) is 12.5 Å². The van der Waals surface area contributed by atoms with Gasteiger partial charge in [0.15, 0.2) is 0 Å². The van der Waals surface area contributed by atoms with E-state index in [4.69, 9.17) is 16.3 Å². The summed E-state index contributed by atoms with van der Waals surface area (Å²) in [6, 6.07) is 7.54. The van der Waals surface area contributed by atoms with Gasteiger partial charge in [-0.25, -0.2) is 0 Å². The van der Waals surface area contributed by atoms with E-state index in [1.54, 1.807) is 0 Å². The molecule has 0 N–H and O–H groups in total. The highest BCUT2D eigenvalue weighted by molar-refractivity contribution is 6.31. The third kappa shape index (κ3) is 3.53. The minimum Gasteiger partial charge on any atom is -0.376 e. The van der Waals surface area contributed by atoms with Gasteiger partial charge < -0.3 is 9.64 Å². The second-order valence-electron chi connectivity index (χ2n) is 5.80. The van der Waals surface area contributed by atoms with Crippen LogP contribution in [0.25, 0.3) is 0 Å². The van der Waals surface area contributed by atoms with Gasteiger partial charge in [-0.3, -0.25) is 4.79 Å². The van der Waals surface area contributed by atoms with Crippen LogP contribution in [0.5, 0.6) is 0 Å². The molecule has 0 bridgehead atoms. The Morgan fingerprint density at radius 3 is 2.85 bits per heavy atom. The molecule has 0 spiro atoms. The number of hydrogen-bond acceptors (Lipinski definition) is 2. The van der Waals surface area contributed by atoms with Crippen LogP contribution in [0, 0.1) is 5.92 Å². The first-order valence-corrected chi connectivity index (χ1v) is 7.73. The fourth-order valence-corrected chi connectivity index (χ4v) is 2.77. The summed E-state index contributed by atoms with van der Waals surface area (Å²) in [6.07, 6.45) is 4.19. The number of nitrogens with zero attached hydrogens (tertiary/aromatic N) is 1. The Balaban J connectivity index is 1.49. The molecule has 1 amide bonds. The van der Waals surface area contributed by atoms with Crippen LogP contribution in [0.3, 0.4) is 0 Å². The summed E-state index contributed by atoms with van der Waals surface area (Å²) in [5.41, 5.74) is 0.904. The molecule has 1 atom stereocenters. The molecule has 1 saturated heterocycles. The lowest BCUT2D eigenvalue weighted by molar-refractivity contribution is -0.130. The summed E-state index contributed by atoms with van der Waals surface area (Å²) in [4.78, 5) is 14.2. The van der Waals surface area contributed by atoms with E-state index in [-0.39, 0.29) is 12.0 Å². The maximum Gasteiger partial charge on any atom is 0.227 e. The molecule has 20 heavy (non-hydrogen) atoms. The maximum absolute atomic E-state index is 12.3. The fourth-order valence-electron chi connectivity index (χ4n) is 2.56. The van der Waals surface area contributed by atoms with E-state index in [0.717, 1.165) is 37.6 Å². The average Bonchev–Trinajstić information content (AvgIpc) is 3.15. The molecule has 2 fully saturated rings. The number of hydrogen-bond donors (Lipinski definition) is 0. The molecule has 4 heteroatoms. The van der Waals surface area contributed by atoms with Crippen LogP contribution in [0.4, 0.5) is 0 Å². The third-order valence-electron chi connectivity index (χ3n) is 4.06. The zero-order chi connectivity index (χ0) is 13.9. The van der Waals surface area contributed by atoms with E-state index in [1.807, 2.05) is 29.2 Å². The predicted octanol–water partition coefficient (Wildman–Crippen LogP) is 2.91. The Morgan fingerprint density at radius 2 is 2.10 bits per heavy atom. The lowest BCUT2D eigenvalue weighted by Gasteiger charge is -2.17. The van der Waals surface area contributed by atoms with Crippen molar-refractivity contribution >= 4 is 17.5 Å². The molecule has 0 radical (unpaired) electrons. The van der Waals surface area contributed by atoms with Gasteiger partial charge in [0, 0.05) is 24.7 Å². The van der Waals surface area contributed by atoms with E-state index >= 15 is 0 Å². The van der Waals surface area contributed by atoms with Crippen molar-refractivity contribution in [3.05, 3.63) is 34.9 Å². The Hall–Kier alpha value is -1.06. The quantitative estimate of drug-likeness (QED) is 0.835.